The maximum Gasteiger partial charge on any atom is 0.176 e. The highest BCUT2D eigenvalue weighted by Crippen LogP contribution is 2.14. The molecular formula is C14H19NO2. The van der Waals surface area contributed by atoms with E-state index in [-0.39, 0.29) is 5.78 Å². The van der Waals surface area contributed by atoms with Crippen LogP contribution in [0.4, 0.5) is 0 Å². The number of rotatable bonds is 5. The quantitative estimate of drug-likeness (QED) is 0.731. The topological polar surface area (TPSA) is 29.5 Å². The van der Waals surface area contributed by atoms with Gasteiger partial charge in [-0.3, -0.25) is 9.69 Å². The summed E-state index contributed by atoms with van der Waals surface area (Å²) in [5.41, 5.74) is 0.778. The number of benzene rings is 1. The maximum atomic E-state index is 12.0. The molecule has 3 nitrogen and oxygen atoms in total. The molecule has 1 heterocycles. The zero-order chi connectivity index (χ0) is 12.1. The molecule has 2 rings (SSSR count). The molecule has 1 aromatic rings. The van der Waals surface area contributed by atoms with Gasteiger partial charge in [-0.05, 0) is 57.1 Å². The van der Waals surface area contributed by atoms with Crippen molar-refractivity contribution >= 4 is 5.78 Å². The summed E-state index contributed by atoms with van der Waals surface area (Å²) in [6.45, 7) is 5.27. The van der Waals surface area contributed by atoms with E-state index in [0.29, 0.717) is 13.2 Å². The second kappa shape index (κ2) is 5.82. The highest BCUT2D eigenvalue weighted by molar-refractivity contribution is 5.97. The standard InChI is InChI=1S/C14H19NO2/c1-2-17-13-7-5-12(6-8-13)14(16)11-15-9-3-4-10-15/h5-8H,2-4,9-11H2,1H3. The van der Waals surface area contributed by atoms with Crippen LogP contribution in [-0.4, -0.2) is 36.9 Å². The number of ketones is 1. The summed E-state index contributed by atoms with van der Waals surface area (Å²) in [6.07, 6.45) is 2.44. The predicted molar refractivity (Wildman–Crippen MR) is 67.6 cm³/mol. The Morgan fingerprint density at radius 2 is 1.88 bits per heavy atom. The highest BCUT2D eigenvalue weighted by atomic mass is 16.5. The van der Waals surface area contributed by atoms with Gasteiger partial charge in [0, 0.05) is 5.56 Å². The van der Waals surface area contributed by atoms with E-state index in [0.717, 1.165) is 24.4 Å². The smallest absolute Gasteiger partial charge is 0.176 e. The van der Waals surface area contributed by atoms with Crippen LogP contribution in [0.25, 0.3) is 0 Å². The van der Waals surface area contributed by atoms with Crippen LogP contribution in [0.2, 0.25) is 0 Å². The number of ether oxygens (including phenoxy) is 1. The lowest BCUT2D eigenvalue weighted by atomic mass is 10.1. The van der Waals surface area contributed by atoms with Crippen LogP contribution in [-0.2, 0) is 0 Å². The fraction of sp³-hybridized carbons (Fsp3) is 0.500. The number of likely N-dealkylation sites (tertiary alicyclic amines) is 1. The van der Waals surface area contributed by atoms with Crippen LogP contribution < -0.4 is 4.74 Å². The molecule has 1 aromatic carbocycles. The molecule has 0 aliphatic carbocycles. The van der Waals surface area contributed by atoms with Crippen LogP contribution in [0.1, 0.15) is 30.1 Å². The predicted octanol–water partition coefficient (Wildman–Crippen LogP) is 2.36. The number of Topliss-reactive ketones (excluding diaryl/α,β-unsaturated/α-hetero) is 1. The molecule has 3 heteroatoms. The molecule has 1 aliphatic rings. The lowest BCUT2D eigenvalue weighted by Crippen LogP contribution is -2.26. The lowest BCUT2D eigenvalue weighted by molar-refractivity contribution is 0.0945. The SMILES string of the molecule is CCOc1ccc(C(=O)CN2CCCC2)cc1. The molecule has 0 saturated carbocycles. The molecule has 17 heavy (non-hydrogen) atoms. The molecule has 0 atom stereocenters. The maximum absolute atomic E-state index is 12.0. The Balaban J connectivity index is 1.93. The van der Waals surface area contributed by atoms with Crippen molar-refractivity contribution in [3.63, 3.8) is 0 Å². The largest absolute Gasteiger partial charge is 0.494 e. The fourth-order valence-corrected chi connectivity index (χ4v) is 2.14. The van der Waals surface area contributed by atoms with Crippen molar-refractivity contribution in [3.8, 4) is 5.75 Å². The third-order valence-corrected chi connectivity index (χ3v) is 3.05. The second-order valence-corrected chi connectivity index (χ2v) is 4.36. The summed E-state index contributed by atoms with van der Waals surface area (Å²) >= 11 is 0. The van der Waals surface area contributed by atoms with Gasteiger partial charge in [-0.15, -0.1) is 0 Å². The molecule has 0 radical (unpaired) electrons. The van der Waals surface area contributed by atoms with E-state index in [1.807, 2.05) is 31.2 Å². The molecule has 0 aromatic heterocycles. The first-order valence-corrected chi connectivity index (χ1v) is 6.28. The Kier molecular flexibility index (Phi) is 4.15. The monoisotopic (exact) mass is 233 g/mol. The van der Waals surface area contributed by atoms with Gasteiger partial charge in [0.1, 0.15) is 5.75 Å². The van der Waals surface area contributed by atoms with Crippen LogP contribution in [0.5, 0.6) is 5.75 Å². The second-order valence-electron chi connectivity index (χ2n) is 4.36. The van der Waals surface area contributed by atoms with Crippen molar-refractivity contribution in [2.45, 2.75) is 19.8 Å². The first kappa shape index (κ1) is 12.1. The van der Waals surface area contributed by atoms with Gasteiger partial charge in [-0.1, -0.05) is 0 Å². The van der Waals surface area contributed by atoms with E-state index in [1.165, 1.54) is 12.8 Å². The van der Waals surface area contributed by atoms with Crippen molar-refractivity contribution in [2.24, 2.45) is 0 Å². The average Bonchev–Trinajstić information content (AvgIpc) is 2.83. The summed E-state index contributed by atoms with van der Waals surface area (Å²) < 4.78 is 5.35. The Labute approximate surface area is 102 Å². The number of hydrogen-bond donors (Lipinski definition) is 0. The molecule has 1 saturated heterocycles. The molecule has 92 valence electrons. The molecule has 1 fully saturated rings. The molecule has 0 amide bonds. The summed E-state index contributed by atoms with van der Waals surface area (Å²) in [5.74, 6) is 1.03. The van der Waals surface area contributed by atoms with Gasteiger partial charge in [-0.2, -0.15) is 0 Å². The van der Waals surface area contributed by atoms with Gasteiger partial charge in [0.25, 0.3) is 0 Å². The molecule has 0 spiro atoms. The van der Waals surface area contributed by atoms with Gasteiger partial charge >= 0.3 is 0 Å². The van der Waals surface area contributed by atoms with E-state index in [4.69, 9.17) is 4.74 Å². The molecule has 0 bridgehead atoms. The van der Waals surface area contributed by atoms with Crippen LogP contribution in [0.3, 0.4) is 0 Å². The van der Waals surface area contributed by atoms with E-state index in [1.54, 1.807) is 0 Å². The van der Waals surface area contributed by atoms with E-state index in [9.17, 15) is 4.79 Å². The summed E-state index contributed by atoms with van der Waals surface area (Å²) in [7, 11) is 0. The number of carbonyl (C=O) groups is 1. The third kappa shape index (κ3) is 3.30. The van der Waals surface area contributed by atoms with Crippen LogP contribution >= 0.6 is 0 Å². The van der Waals surface area contributed by atoms with E-state index < -0.39 is 0 Å². The minimum Gasteiger partial charge on any atom is -0.494 e. The highest BCUT2D eigenvalue weighted by Gasteiger charge is 2.16. The lowest BCUT2D eigenvalue weighted by Gasteiger charge is -2.13. The van der Waals surface area contributed by atoms with Crippen molar-refractivity contribution < 1.29 is 9.53 Å². The van der Waals surface area contributed by atoms with Gasteiger partial charge in [0.2, 0.25) is 0 Å². The number of carbonyl (C=O) groups excluding carboxylic acids is 1. The first-order chi connectivity index (χ1) is 8.29. The molecular weight excluding hydrogens is 214 g/mol. The van der Waals surface area contributed by atoms with Gasteiger partial charge < -0.3 is 4.74 Å². The Hall–Kier alpha value is -1.35. The summed E-state index contributed by atoms with van der Waals surface area (Å²) in [6, 6.07) is 7.42. The van der Waals surface area contributed by atoms with Gasteiger partial charge in [-0.25, -0.2) is 0 Å². The third-order valence-electron chi connectivity index (χ3n) is 3.05. The number of nitrogens with zero attached hydrogens (tertiary/aromatic N) is 1. The minimum absolute atomic E-state index is 0.204. The zero-order valence-electron chi connectivity index (χ0n) is 10.3. The van der Waals surface area contributed by atoms with Gasteiger partial charge in [0.15, 0.2) is 5.78 Å². The van der Waals surface area contributed by atoms with Crippen LogP contribution in [0, 0.1) is 0 Å². The number of hydrogen-bond acceptors (Lipinski definition) is 3. The van der Waals surface area contributed by atoms with Crippen molar-refractivity contribution in [3.05, 3.63) is 29.8 Å². The Morgan fingerprint density at radius 1 is 1.24 bits per heavy atom. The zero-order valence-corrected chi connectivity index (χ0v) is 10.3. The molecule has 0 unspecified atom stereocenters. The minimum atomic E-state index is 0.204. The molecule has 0 N–H and O–H groups in total. The summed E-state index contributed by atoms with van der Waals surface area (Å²) in [5, 5.41) is 0. The summed E-state index contributed by atoms with van der Waals surface area (Å²) in [4.78, 5) is 14.2. The fourth-order valence-electron chi connectivity index (χ4n) is 2.14. The van der Waals surface area contributed by atoms with Gasteiger partial charge in [0.05, 0.1) is 13.2 Å². The van der Waals surface area contributed by atoms with E-state index >= 15 is 0 Å². The van der Waals surface area contributed by atoms with Crippen molar-refractivity contribution in [1.82, 2.24) is 4.90 Å². The van der Waals surface area contributed by atoms with Crippen LogP contribution in [0.15, 0.2) is 24.3 Å². The Bertz CT molecular complexity index is 366. The molecule has 1 aliphatic heterocycles. The van der Waals surface area contributed by atoms with Crippen molar-refractivity contribution in [1.29, 1.82) is 0 Å². The Morgan fingerprint density at radius 3 is 2.47 bits per heavy atom. The normalized spacial score (nSPS) is 16.1. The first-order valence-electron chi connectivity index (χ1n) is 6.28. The van der Waals surface area contributed by atoms with E-state index in [2.05, 4.69) is 4.90 Å². The average molecular weight is 233 g/mol. The van der Waals surface area contributed by atoms with Crippen molar-refractivity contribution in [2.75, 3.05) is 26.2 Å².